The van der Waals surface area contributed by atoms with Crippen molar-refractivity contribution in [3.8, 4) is 0 Å². The normalized spacial score (nSPS) is 11.9. The molecule has 0 saturated carbocycles. The maximum absolute atomic E-state index is 14.5. The Morgan fingerprint density at radius 3 is 2.00 bits per heavy atom. The maximum Gasteiger partial charge on any atom is 0.264 e. The van der Waals surface area contributed by atoms with E-state index in [9.17, 15) is 18.0 Å². The Hall–Kier alpha value is -3.85. The van der Waals surface area contributed by atoms with Crippen LogP contribution in [0.15, 0.2) is 108 Å². The summed E-state index contributed by atoms with van der Waals surface area (Å²) in [6, 6.07) is 28.2. The van der Waals surface area contributed by atoms with Gasteiger partial charge in [-0.2, -0.15) is 0 Å². The molecule has 230 valence electrons. The lowest BCUT2D eigenvalue weighted by molar-refractivity contribution is -0.140. The fourth-order valence-electron chi connectivity index (χ4n) is 4.73. The van der Waals surface area contributed by atoms with Crippen molar-refractivity contribution in [2.75, 3.05) is 17.4 Å². The molecule has 0 fully saturated rings. The van der Waals surface area contributed by atoms with Crippen molar-refractivity contribution >= 4 is 50.7 Å². The van der Waals surface area contributed by atoms with Crippen molar-refractivity contribution in [2.45, 2.75) is 44.2 Å². The summed E-state index contributed by atoms with van der Waals surface area (Å²) in [7, 11) is -4.17. The van der Waals surface area contributed by atoms with Gasteiger partial charge in [-0.05, 0) is 55.3 Å². The Morgan fingerprint density at radius 2 is 1.41 bits per heavy atom. The Morgan fingerprint density at radius 1 is 0.818 bits per heavy atom. The van der Waals surface area contributed by atoms with Crippen molar-refractivity contribution in [1.29, 1.82) is 0 Å². The lowest BCUT2D eigenvalue weighted by Crippen LogP contribution is -2.53. The summed E-state index contributed by atoms with van der Waals surface area (Å²) in [5.41, 5.74) is 2.54. The number of rotatable bonds is 13. The molecule has 0 aromatic heterocycles. The monoisotopic (exact) mass is 651 g/mol. The molecule has 10 heteroatoms. The standard InChI is InChI=1S/C34H35Cl2N3O4S/c1-3-21-37-34(41)32(22-26-11-6-4-7-12-26)38(23-29-30(35)15-10-16-31(29)36)33(40)24-39(27-19-17-25(2)18-20-27)44(42,43)28-13-8-5-9-14-28/h4-20,32H,3,21-24H2,1-2H3,(H,37,41)/t32-/m0/s1. The molecule has 0 unspecified atom stereocenters. The van der Waals surface area contributed by atoms with Crippen LogP contribution in [-0.2, 0) is 32.6 Å². The first-order valence-corrected chi connectivity index (χ1v) is 16.5. The molecule has 0 radical (unpaired) electrons. The minimum atomic E-state index is -4.17. The number of carbonyl (C=O) groups excluding carboxylic acids is 2. The van der Waals surface area contributed by atoms with E-state index in [0.29, 0.717) is 34.3 Å². The van der Waals surface area contributed by atoms with Gasteiger partial charge in [-0.1, -0.05) is 102 Å². The van der Waals surface area contributed by atoms with E-state index in [0.717, 1.165) is 15.4 Å². The van der Waals surface area contributed by atoms with Crippen molar-refractivity contribution in [3.63, 3.8) is 0 Å². The second kappa shape index (κ2) is 15.2. The average molecular weight is 653 g/mol. The number of nitrogens with zero attached hydrogens (tertiary/aromatic N) is 2. The predicted octanol–water partition coefficient (Wildman–Crippen LogP) is 6.66. The molecule has 4 aromatic carbocycles. The van der Waals surface area contributed by atoms with E-state index in [4.69, 9.17) is 23.2 Å². The molecule has 0 saturated heterocycles. The van der Waals surface area contributed by atoms with Crippen LogP contribution in [0.25, 0.3) is 0 Å². The van der Waals surface area contributed by atoms with E-state index < -0.39 is 28.5 Å². The van der Waals surface area contributed by atoms with Gasteiger partial charge in [0, 0.05) is 35.1 Å². The van der Waals surface area contributed by atoms with Crippen LogP contribution in [0, 0.1) is 6.92 Å². The molecule has 0 aliphatic carbocycles. The highest BCUT2D eigenvalue weighted by Crippen LogP contribution is 2.29. The van der Waals surface area contributed by atoms with Gasteiger partial charge >= 0.3 is 0 Å². The van der Waals surface area contributed by atoms with Gasteiger partial charge in [-0.3, -0.25) is 13.9 Å². The van der Waals surface area contributed by atoms with Gasteiger partial charge in [0.25, 0.3) is 10.0 Å². The molecule has 0 spiro atoms. The third-order valence-electron chi connectivity index (χ3n) is 7.14. The van der Waals surface area contributed by atoms with Gasteiger partial charge in [0.05, 0.1) is 10.6 Å². The number of benzene rings is 4. The van der Waals surface area contributed by atoms with E-state index in [1.54, 1.807) is 60.7 Å². The molecular formula is C34H35Cl2N3O4S. The smallest absolute Gasteiger partial charge is 0.264 e. The van der Waals surface area contributed by atoms with E-state index in [2.05, 4.69) is 5.32 Å². The highest BCUT2D eigenvalue weighted by atomic mass is 35.5. The van der Waals surface area contributed by atoms with Crippen LogP contribution >= 0.6 is 23.2 Å². The zero-order valence-corrected chi connectivity index (χ0v) is 26.9. The lowest BCUT2D eigenvalue weighted by Gasteiger charge is -2.34. The molecule has 0 aliphatic heterocycles. The van der Waals surface area contributed by atoms with Gasteiger partial charge in [-0.25, -0.2) is 8.42 Å². The molecule has 0 bridgehead atoms. The minimum Gasteiger partial charge on any atom is -0.354 e. The topological polar surface area (TPSA) is 86.8 Å². The van der Waals surface area contributed by atoms with Crippen molar-refractivity contribution < 1.29 is 18.0 Å². The van der Waals surface area contributed by atoms with Crippen molar-refractivity contribution in [1.82, 2.24) is 10.2 Å². The average Bonchev–Trinajstić information content (AvgIpc) is 3.03. The number of carbonyl (C=O) groups is 2. The number of sulfonamides is 1. The zero-order valence-electron chi connectivity index (χ0n) is 24.6. The summed E-state index contributed by atoms with van der Waals surface area (Å²) in [5.74, 6) is -0.950. The van der Waals surface area contributed by atoms with Crippen LogP contribution in [0.2, 0.25) is 10.0 Å². The molecule has 7 nitrogen and oxygen atoms in total. The van der Waals surface area contributed by atoms with Crippen LogP contribution in [0.1, 0.15) is 30.0 Å². The van der Waals surface area contributed by atoms with Gasteiger partial charge in [-0.15, -0.1) is 0 Å². The molecular weight excluding hydrogens is 617 g/mol. The van der Waals surface area contributed by atoms with Crippen molar-refractivity contribution in [3.05, 3.63) is 130 Å². The van der Waals surface area contributed by atoms with Crippen LogP contribution in [-0.4, -0.2) is 44.3 Å². The second-order valence-corrected chi connectivity index (χ2v) is 13.1. The summed E-state index contributed by atoms with van der Waals surface area (Å²) in [6.07, 6.45) is 0.894. The fourth-order valence-corrected chi connectivity index (χ4v) is 6.69. The number of amides is 2. The van der Waals surface area contributed by atoms with Gasteiger partial charge in [0.1, 0.15) is 12.6 Å². The van der Waals surface area contributed by atoms with E-state index >= 15 is 0 Å². The first-order valence-electron chi connectivity index (χ1n) is 14.3. The SMILES string of the molecule is CCCNC(=O)[C@H](Cc1ccccc1)N(Cc1c(Cl)cccc1Cl)C(=O)CN(c1ccc(C)cc1)S(=O)(=O)c1ccccc1. The number of nitrogens with one attached hydrogen (secondary N) is 1. The third-order valence-corrected chi connectivity index (χ3v) is 9.64. The van der Waals surface area contributed by atoms with Crippen LogP contribution < -0.4 is 9.62 Å². The summed E-state index contributed by atoms with van der Waals surface area (Å²) < 4.78 is 29.1. The third kappa shape index (κ3) is 8.20. The number of aryl methyl sites for hydroxylation is 1. The first kappa shape index (κ1) is 33.1. The van der Waals surface area contributed by atoms with Gasteiger partial charge in [0.2, 0.25) is 11.8 Å². The second-order valence-electron chi connectivity index (χ2n) is 10.4. The summed E-state index contributed by atoms with van der Waals surface area (Å²) in [6.45, 7) is 3.57. The fraction of sp³-hybridized carbons (Fsp3) is 0.235. The highest BCUT2D eigenvalue weighted by Gasteiger charge is 2.35. The van der Waals surface area contributed by atoms with E-state index in [1.807, 2.05) is 44.2 Å². The first-order chi connectivity index (χ1) is 21.1. The molecule has 0 aliphatic rings. The molecule has 4 aromatic rings. The van der Waals surface area contributed by atoms with Crippen LogP contribution in [0.3, 0.4) is 0 Å². The number of hydrogen-bond acceptors (Lipinski definition) is 4. The largest absolute Gasteiger partial charge is 0.354 e. The maximum atomic E-state index is 14.5. The van der Waals surface area contributed by atoms with Gasteiger partial charge < -0.3 is 10.2 Å². The highest BCUT2D eigenvalue weighted by molar-refractivity contribution is 7.92. The minimum absolute atomic E-state index is 0.0376. The quantitative estimate of drug-likeness (QED) is 0.175. The summed E-state index contributed by atoms with van der Waals surface area (Å²) in [4.78, 5) is 29.6. The van der Waals surface area contributed by atoms with E-state index in [-0.39, 0.29) is 23.8 Å². The number of hydrogen-bond donors (Lipinski definition) is 1. The van der Waals surface area contributed by atoms with Crippen LogP contribution in [0.4, 0.5) is 5.69 Å². The number of halogens is 2. The Bertz CT molecular complexity index is 1650. The predicted molar refractivity (Wildman–Crippen MR) is 176 cm³/mol. The summed E-state index contributed by atoms with van der Waals surface area (Å²) >= 11 is 13.1. The van der Waals surface area contributed by atoms with E-state index in [1.165, 1.54) is 17.0 Å². The molecule has 0 heterocycles. The Balaban J connectivity index is 1.82. The Kier molecular flexibility index (Phi) is 11.4. The molecule has 1 atom stereocenters. The molecule has 4 rings (SSSR count). The van der Waals surface area contributed by atoms with Crippen LogP contribution in [0.5, 0.6) is 0 Å². The lowest BCUT2D eigenvalue weighted by atomic mass is 10.0. The Labute approximate surface area is 269 Å². The van der Waals surface area contributed by atoms with Crippen molar-refractivity contribution in [2.24, 2.45) is 0 Å². The molecule has 2 amide bonds. The van der Waals surface area contributed by atoms with Gasteiger partial charge in [0.15, 0.2) is 0 Å². The molecule has 44 heavy (non-hydrogen) atoms. The molecule has 1 N–H and O–H groups in total. The summed E-state index contributed by atoms with van der Waals surface area (Å²) in [5, 5.41) is 3.58. The zero-order chi connectivity index (χ0) is 31.7. The number of anilines is 1.